The molecule has 42 valence electrons. The van der Waals surface area contributed by atoms with Gasteiger partial charge >= 0.3 is 18.9 Å². The first-order chi connectivity index (χ1) is 3.79. The van der Waals surface area contributed by atoms with E-state index in [9.17, 15) is 5.11 Å². The fourth-order valence-corrected chi connectivity index (χ4v) is 0.699. The molecule has 0 spiro atoms. The van der Waals surface area contributed by atoms with Crippen LogP contribution in [0, 0.1) is 0 Å². The molecule has 0 heterocycles. The Morgan fingerprint density at radius 3 is 1.89 bits per heavy atom. The Kier molecular flexibility index (Phi) is 4.04. The van der Waals surface area contributed by atoms with Crippen LogP contribution >= 0.6 is 15.9 Å². The first-order valence-electron chi connectivity index (χ1n) is 2.21. The van der Waals surface area contributed by atoms with Crippen molar-refractivity contribution in [1.29, 1.82) is 0 Å². The van der Waals surface area contributed by atoms with E-state index in [4.69, 9.17) is 0 Å². The Hall–Kier alpha value is 0.0974. The summed E-state index contributed by atoms with van der Waals surface area (Å²) in [5.41, 5.74) is 0. The molecule has 1 aromatic rings. The number of rotatable bonds is 0. The van der Waals surface area contributed by atoms with Crippen molar-refractivity contribution >= 4 is 15.9 Å². The van der Waals surface area contributed by atoms with Gasteiger partial charge in [-0.25, -0.2) is 0 Å². The molecular formula is C6H4BrLiO. The maximum Gasteiger partial charge on any atom is 1.00 e. The van der Waals surface area contributed by atoms with Crippen LogP contribution in [0.2, 0.25) is 0 Å². The van der Waals surface area contributed by atoms with Crippen molar-refractivity contribution in [3.8, 4) is 5.75 Å². The third-order valence-corrected chi connectivity index (χ3v) is 1.34. The molecule has 9 heavy (non-hydrogen) atoms. The van der Waals surface area contributed by atoms with Crippen LogP contribution in [0.15, 0.2) is 28.7 Å². The summed E-state index contributed by atoms with van der Waals surface area (Å²) in [7, 11) is 0. The van der Waals surface area contributed by atoms with E-state index < -0.39 is 0 Å². The minimum atomic E-state index is 0. The summed E-state index contributed by atoms with van der Waals surface area (Å²) in [5.74, 6) is 0.0493. The quantitative estimate of drug-likeness (QED) is 0.445. The van der Waals surface area contributed by atoms with Crippen LogP contribution in [0.3, 0.4) is 0 Å². The van der Waals surface area contributed by atoms with Gasteiger partial charge in [0.2, 0.25) is 0 Å². The van der Waals surface area contributed by atoms with Crippen molar-refractivity contribution in [2.24, 2.45) is 0 Å². The Bertz CT molecular complexity index is 152. The molecule has 0 bridgehead atoms. The molecule has 0 aliphatic carbocycles. The molecule has 1 rings (SSSR count). The van der Waals surface area contributed by atoms with E-state index in [1.807, 2.05) is 0 Å². The van der Waals surface area contributed by atoms with Crippen LogP contribution in [0.5, 0.6) is 5.75 Å². The van der Waals surface area contributed by atoms with Crippen LogP contribution < -0.4 is 24.0 Å². The minimum Gasteiger partial charge on any atom is -0.872 e. The normalized spacial score (nSPS) is 8.11. The molecule has 0 saturated heterocycles. The fourth-order valence-electron chi connectivity index (χ4n) is 0.435. The van der Waals surface area contributed by atoms with Gasteiger partial charge in [-0.1, -0.05) is 28.1 Å². The van der Waals surface area contributed by atoms with E-state index in [2.05, 4.69) is 15.9 Å². The molecule has 0 radical (unpaired) electrons. The van der Waals surface area contributed by atoms with Crippen LogP contribution in [-0.4, -0.2) is 0 Å². The summed E-state index contributed by atoms with van der Waals surface area (Å²) in [5, 5.41) is 10.4. The zero-order valence-corrected chi connectivity index (χ0v) is 6.68. The van der Waals surface area contributed by atoms with Crippen molar-refractivity contribution < 1.29 is 24.0 Å². The van der Waals surface area contributed by atoms with Gasteiger partial charge in [-0.3, -0.25) is 0 Å². The van der Waals surface area contributed by atoms with Crippen LogP contribution in [-0.2, 0) is 0 Å². The Labute approximate surface area is 74.4 Å². The molecule has 0 unspecified atom stereocenters. The summed E-state index contributed by atoms with van der Waals surface area (Å²) in [6, 6.07) is 6.48. The average molecular weight is 179 g/mol. The van der Waals surface area contributed by atoms with E-state index in [1.54, 1.807) is 12.1 Å². The summed E-state index contributed by atoms with van der Waals surface area (Å²) < 4.78 is 0.942. The zero-order chi connectivity index (χ0) is 5.98. The largest absolute Gasteiger partial charge is 1.00 e. The molecule has 0 amide bonds. The van der Waals surface area contributed by atoms with E-state index in [1.165, 1.54) is 12.1 Å². The van der Waals surface area contributed by atoms with Gasteiger partial charge in [0, 0.05) is 4.47 Å². The molecule has 0 N–H and O–H groups in total. The third kappa shape index (κ3) is 2.95. The Morgan fingerprint density at radius 1 is 1.11 bits per heavy atom. The van der Waals surface area contributed by atoms with E-state index in [0.29, 0.717) is 0 Å². The number of benzene rings is 1. The number of halogens is 1. The van der Waals surface area contributed by atoms with Crippen LogP contribution in [0.4, 0.5) is 0 Å². The van der Waals surface area contributed by atoms with Crippen molar-refractivity contribution in [1.82, 2.24) is 0 Å². The molecular weight excluding hydrogens is 175 g/mol. The van der Waals surface area contributed by atoms with Crippen LogP contribution in [0.1, 0.15) is 0 Å². The van der Waals surface area contributed by atoms with E-state index in [-0.39, 0.29) is 24.6 Å². The van der Waals surface area contributed by atoms with Gasteiger partial charge in [0.05, 0.1) is 0 Å². The van der Waals surface area contributed by atoms with E-state index in [0.717, 1.165) is 4.47 Å². The van der Waals surface area contributed by atoms with Crippen LogP contribution in [0.25, 0.3) is 0 Å². The van der Waals surface area contributed by atoms with Crippen molar-refractivity contribution in [3.05, 3.63) is 28.7 Å². The third-order valence-electron chi connectivity index (χ3n) is 0.814. The smallest absolute Gasteiger partial charge is 0.872 e. The number of hydrogen-bond acceptors (Lipinski definition) is 1. The second-order valence-corrected chi connectivity index (χ2v) is 2.37. The van der Waals surface area contributed by atoms with Gasteiger partial charge in [-0.2, -0.15) is 0 Å². The van der Waals surface area contributed by atoms with Crippen molar-refractivity contribution in [2.75, 3.05) is 0 Å². The first-order valence-corrected chi connectivity index (χ1v) is 3.01. The molecule has 0 saturated carbocycles. The first kappa shape index (κ1) is 9.10. The Balaban J connectivity index is 0.000000640. The standard InChI is InChI=1S/C6H5BrO.Li/c7-5-1-3-6(8)4-2-5;/h1-4,8H;/q;+1/p-1. The summed E-state index contributed by atoms with van der Waals surface area (Å²) in [4.78, 5) is 0. The average Bonchev–Trinajstić information content (AvgIpc) is 1.77. The maximum atomic E-state index is 10.4. The van der Waals surface area contributed by atoms with Gasteiger partial charge in [0.25, 0.3) is 0 Å². The predicted molar refractivity (Wildman–Crippen MR) is 33.6 cm³/mol. The van der Waals surface area contributed by atoms with Gasteiger partial charge in [0.1, 0.15) is 0 Å². The second kappa shape index (κ2) is 4.00. The summed E-state index contributed by atoms with van der Waals surface area (Å²) >= 11 is 3.21. The fraction of sp³-hybridized carbons (Fsp3) is 0. The second-order valence-electron chi connectivity index (χ2n) is 1.45. The van der Waals surface area contributed by atoms with Gasteiger partial charge < -0.3 is 5.11 Å². The monoisotopic (exact) mass is 178 g/mol. The summed E-state index contributed by atoms with van der Waals surface area (Å²) in [6.45, 7) is 0. The maximum absolute atomic E-state index is 10.4. The molecule has 0 fully saturated rings. The molecule has 3 heteroatoms. The number of hydrogen-bond donors (Lipinski definition) is 0. The Morgan fingerprint density at radius 2 is 1.56 bits per heavy atom. The molecule has 0 aromatic heterocycles. The SMILES string of the molecule is [Li+].[O-]c1ccc(Br)cc1. The topological polar surface area (TPSA) is 23.1 Å². The zero-order valence-electron chi connectivity index (χ0n) is 5.10. The minimum absolute atomic E-state index is 0. The van der Waals surface area contributed by atoms with Gasteiger partial charge in [-0.05, 0) is 12.1 Å². The van der Waals surface area contributed by atoms with Crippen molar-refractivity contribution in [2.45, 2.75) is 0 Å². The molecule has 0 aliphatic heterocycles. The molecule has 1 nitrogen and oxygen atoms in total. The summed E-state index contributed by atoms with van der Waals surface area (Å²) in [6.07, 6.45) is 0. The molecule has 0 atom stereocenters. The molecule has 1 aromatic carbocycles. The van der Waals surface area contributed by atoms with Gasteiger partial charge in [0.15, 0.2) is 0 Å². The van der Waals surface area contributed by atoms with Gasteiger partial charge in [-0.15, -0.1) is 5.75 Å². The van der Waals surface area contributed by atoms with Crippen molar-refractivity contribution in [3.63, 3.8) is 0 Å². The van der Waals surface area contributed by atoms with E-state index >= 15 is 0 Å². The predicted octanol–water partition coefficient (Wildman–Crippen LogP) is -1.47. The molecule has 0 aliphatic rings.